The Bertz CT molecular complexity index is 282. The van der Waals surface area contributed by atoms with Gasteiger partial charge in [-0.15, -0.1) is 0 Å². The van der Waals surface area contributed by atoms with E-state index >= 15 is 0 Å². The molecule has 0 fully saturated rings. The zero-order valence-corrected chi connectivity index (χ0v) is 7.70. The van der Waals surface area contributed by atoms with Crippen molar-refractivity contribution in [1.29, 1.82) is 0 Å². The van der Waals surface area contributed by atoms with Crippen molar-refractivity contribution < 1.29 is 13.9 Å². The highest BCUT2D eigenvalue weighted by Gasteiger charge is 2.03. The lowest BCUT2D eigenvalue weighted by Gasteiger charge is -2.06. The molecule has 0 spiro atoms. The van der Waals surface area contributed by atoms with Crippen LogP contribution in [0.1, 0.15) is 6.42 Å². The van der Waals surface area contributed by atoms with Crippen LogP contribution in [0.5, 0.6) is 0 Å². The van der Waals surface area contributed by atoms with Crippen LogP contribution >= 0.6 is 0 Å². The average Bonchev–Trinajstić information content (AvgIpc) is 2.43. The second-order valence-electron chi connectivity index (χ2n) is 2.66. The Morgan fingerprint density at radius 2 is 2.36 bits per heavy atom. The van der Waals surface area contributed by atoms with Crippen LogP contribution in [0.2, 0.25) is 0 Å². The molecule has 0 saturated heterocycles. The van der Waals surface area contributed by atoms with E-state index in [2.05, 4.69) is 10.1 Å². The number of nitrogens with one attached hydrogen (secondary N) is 1. The topological polar surface area (TPSA) is 38.3 Å². The highest BCUT2D eigenvalue weighted by atomic mass is 19.1. The van der Waals surface area contributed by atoms with Crippen molar-refractivity contribution >= 4 is 6.09 Å². The fourth-order valence-electron chi connectivity index (χ4n) is 0.969. The second-order valence-corrected chi connectivity index (χ2v) is 2.66. The number of carbonyl (C=O) groups excluding carboxylic acids is 1. The van der Waals surface area contributed by atoms with Gasteiger partial charge in [0.15, 0.2) is 0 Å². The van der Waals surface area contributed by atoms with Crippen molar-refractivity contribution in [2.45, 2.75) is 6.42 Å². The lowest BCUT2D eigenvalue weighted by Crippen LogP contribution is -2.24. The number of rotatable bonds is 3. The third-order valence-corrected chi connectivity index (χ3v) is 1.57. The molecule has 0 heterocycles. The molecule has 76 valence electrons. The zero-order valence-electron chi connectivity index (χ0n) is 7.70. The van der Waals surface area contributed by atoms with E-state index in [4.69, 9.17) is 0 Å². The van der Waals surface area contributed by atoms with Crippen molar-refractivity contribution in [2.24, 2.45) is 0 Å². The fraction of sp³-hybridized carbons (Fsp3) is 0.300. The molecule has 0 saturated carbocycles. The minimum atomic E-state index is -0.660. The van der Waals surface area contributed by atoms with Gasteiger partial charge in [0.1, 0.15) is 13.3 Å². The van der Waals surface area contributed by atoms with Crippen LogP contribution in [0.25, 0.3) is 0 Å². The smallest absolute Gasteiger partial charge is 0.411 e. The maximum absolute atomic E-state index is 11.7. The van der Waals surface area contributed by atoms with Gasteiger partial charge < -0.3 is 4.74 Å². The second kappa shape index (κ2) is 5.96. The standard InChI is InChI=1S/C10H12FNO2/c11-7-8-14-10(13)12-9-5-3-1-2-4-6-9/h1-5H,6-8H2,(H,12,13). The highest BCUT2D eigenvalue weighted by molar-refractivity contribution is 5.69. The Balaban J connectivity index is 2.36. The van der Waals surface area contributed by atoms with Crippen molar-refractivity contribution in [2.75, 3.05) is 13.3 Å². The van der Waals surface area contributed by atoms with Gasteiger partial charge in [-0.1, -0.05) is 24.3 Å². The van der Waals surface area contributed by atoms with E-state index in [9.17, 15) is 9.18 Å². The van der Waals surface area contributed by atoms with Crippen LogP contribution in [0.4, 0.5) is 9.18 Å². The Hall–Kier alpha value is -1.58. The van der Waals surface area contributed by atoms with Crippen LogP contribution in [0.3, 0.4) is 0 Å². The molecule has 0 bridgehead atoms. The van der Waals surface area contributed by atoms with Gasteiger partial charge in [0.05, 0.1) is 0 Å². The summed E-state index contributed by atoms with van der Waals surface area (Å²) in [5, 5.41) is 2.52. The molecule has 0 aromatic heterocycles. The Morgan fingerprint density at radius 1 is 1.50 bits per heavy atom. The number of ether oxygens (including phenoxy) is 1. The third kappa shape index (κ3) is 3.89. The van der Waals surface area contributed by atoms with E-state index in [-0.39, 0.29) is 6.61 Å². The van der Waals surface area contributed by atoms with Gasteiger partial charge in [-0.05, 0) is 6.08 Å². The first-order valence-electron chi connectivity index (χ1n) is 4.35. The monoisotopic (exact) mass is 197 g/mol. The first-order chi connectivity index (χ1) is 6.83. The van der Waals surface area contributed by atoms with Gasteiger partial charge in [0, 0.05) is 12.1 Å². The summed E-state index contributed by atoms with van der Waals surface area (Å²) in [5.41, 5.74) is 0.735. The molecule has 3 nitrogen and oxygen atoms in total. The van der Waals surface area contributed by atoms with E-state index in [1.807, 2.05) is 24.3 Å². The SMILES string of the molecule is O=C(NC1=CC=CC=CC1)OCCF. The molecule has 1 aliphatic carbocycles. The quantitative estimate of drug-likeness (QED) is 0.752. The number of allylic oxidation sites excluding steroid dienone is 5. The maximum atomic E-state index is 11.7. The van der Waals surface area contributed by atoms with E-state index in [1.54, 1.807) is 6.08 Å². The summed E-state index contributed by atoms with van der Waals surface area (Å²) in [6.45, 7) is -0.864. The summed E-state index contributed by atoms with van der Waals surface area (Å²) in [6.07, 6.45) is 9.27. The van der Waals surface area contributed by atoms with Gasteiger partial charge in [-0.3, -0.25) is 5.32 Å². The van der Waals surface area contributed by atoms with Gasteiger partial charge >= 0.3 is 6.09 Å². The van der Waals surface area contributed by atoms with Crippen LogP contribution < -0.4 is 5.32 Å². The molecule has 0 aromatic carbocycles. The largest absolute Gasteiger partial charge is 0.447 e. The number of hydrogen-bond acceptors (Lipinski definition) is 2. The van der Waals surface area contributed by atoms with Crippen molar-refractivity contribution in [1.82, 2.24) is 5.32 Å². The molecule has 1 rings (SSSR count). The Labute approximate surface area is 81.9 Å². The number of halogens is 1. The molecular weight excluding hydrogens is 185 g/mol. The summed E-state index contributed by atoms with van der Waals surface area (Å²) in [7, 11) is 0. The molecule has 4 heteroatoms. The number of carbonyl (C=O) groups is 1. The molecule has 0 atom stereocenters. The Morgan fingerprint density at radius 3 is 3.14 bits per heavy atom. The maximum Gasteiger partial charge on any atom is 0.411 e. The summed E-state index contributed by atoms with van der Waals surface area (Å²) < 4.78 is 16.2. The van der Waals surface area contributed by atoms with Gasteiger partial charge in [-0.2, -0.15) is 0 Å². The first kappa shape index (κ1) is 10.5. The Kier molecular flexibility index (Phi) is 4.47. The van der Waals surface area contributed by atoms with Crippen molar-refractivity contribution in [3.8, 4) is 0 Å². The fourth-order valence-corrected chi connectivity index (χ4v) is 0.969. The molecule has 0 unspecified atom stereocenters. The molecule has 1 N–H and O–H groups in total. The van der Waals surface area contributed by atoms with Crippen LogP contribution in [-0.2, 0) is 4.74 Å². The highest BCUT2D eigenvalue weighted by Crippen LogP contribution is 2.03. The predicted octanol–water partition coefficient (Wildman–Crippen LogP) is 2.08. The molecular formula is C10H12FNO2. The van der Waals surface area contributed by atoms with Crippen molar-refractivity contribution in [3.63, 3.8) is 0 Å². The van der Waals surface area contributed by atoms with E-state index < -0.39 is 12.8 Å². The van der Waals surface area contributed by atoms with Gasteiger partial charge in [0.25, 0.3) is 0 Å². The minimum absolute atomic E-state index is 0.204. The van der Waals surface area contributed by atoms with Crippen LogP contribution in [0, 0.1) is 0 Å². The van der Waals surface area contributed by atoms with E-state index in [0.29, 0.717) is 6.42 Å². The number of alkyl carbamates (subject to hydrolysis) is 1. The number of alkyl halides is 1. The van der Waals surface area contributed by atoms with Crippen LogP contribution in [-0.4, -0.2) is 19.4 Å². The van der Waals surface area contributed by atoms with Crippen LogP contribution in [0.15, 0.2) is 36.1 Å². The normalized spacial score (nSPS) is 14.5. The summed E-state index contributed by atoms with van der Waals surface area (Å²) in [4.78, 5) is 11.0. The summed E-state index contributed by atoms with van der Waals surface area (Å²) >= 11 is 0. The summed E-state index contributed by atoms with van der Waals surface area (Å²) in [6, 6.07) is 0. The number of hydrogen-bond donors (Lipinski definition) is 1. The van der Waals surface area contributed by atoms with E-state index in [1.165, 1.54) is 0 Å². The predicted molar refractivity (Wildman–Crippen MR) is 51.4 cm³/mol. The molecule has 0 aromatic rings. The molecule has 0 aliphatic heterocycles. The van der Waals surface area contributed by atoms with Crippen molar-refractivity contribution in [3.05, 3.63) is 36.1 Å². The zero-order chi connectivity index (χ0) is 10.2. The molecule has 14 heavy (non-hydrogen) atoms. The average molecular weight is 197 g/mol. The third-order valence-electron chi connectivity index (χ3n) is 1.57. The summed E-state index contributed by atoms with van der Waals surface area (Å²) in [5.74, 6) is 0. The van der Waals surface area contributed by atoms with Gasteiger partial charge in [-0.25, -0.2) is 9.18 Å². The molecule has 1 amide bonds. The minimum Gasteiger partial charge on any atom is -0.447 e. The lowest BCUT2D eigenvalue weighted by molar-refractivity contribution is 0.140. The lowest BCUT2D eigenvalue weighted by atomic mass is 10.3. The van der Waals surface area contributed by atoms with E-state index in [0.717, 1.165) is 5.70 Å². The molecule has 1 aliphatic rings. The molecule has 0 radical (unpaired) electrons. The van der Waals surface area contributed by atoms with Gasteiger partial charge in [0.2, 0.25) is 0 Å². The first-order valence-corrected chi connectivity index (χ1v) is 4.35. The number of amides is 1.